The number of nitriles is 1. The van der Waals surface area contributed by atoms with E-state index >= 15 is 0 Å². The quantitative estimate of drug-likeness (QED) is 0.794. The van der Waals surface area contributed by atoms with Crippen LogP contribution in [0.15, 0.2) is 0 Å². The van der Waals surface area contributed by atoms with Gasteiger partial charge in [-0.05, 0) is 52.0 Å². The third-order valence-corrected chi connectivity index (χ3v) is 5.64. The Morgan fingerprint density at radius 1 is 1.36 bits per heavy atom. The fourth-order valence-corrected chi connectivity index (χ4v) is 4.23. The number of nitrogens with zero attached hydrogens (tertiary/aromatic N) is 5. The zero-order chi connectivity index (χ0) is 17.8. The molecule has 0 bridgehead atoms. The molecule has 1 aliphatic heterocycles. The van der Waals surface area contributed by atoms with Crippen LogP contribution < -0.4 is 0 Å². The first-order valence-corrected chi connectivity index (χ1v) is 9.58. The Bertz CT molecular complexity index is 660. The molecular formula is C19H29N5O. The number of hydrogen-bond donors (Lipinski definition) is 0. The SMILES string of the molecule is CCN(CCC#N)C(=O)CN1CCC[C@@H]1c1nc2c(n1C)CCCC2. The minimum atomic E-state index is 0.128. The van der Waals surface area contributed by atoms with Crippen molar-refractivity contribution in [2.24, 2.45) is 7.05 Å². The lowest BCUT2D eigenvalue weighted by atomic mass is 10.0. The van der Waals surface area contributed by atoms with Crippen LogP contribution in [0.25, 0.3) is 0 Å². The summed E-state index contributed by atoms with van der Waals surface area (Å²) in [6.45, 7) is 4.55. The second kappa shape index (κ2) is 8.01. The van der Waals surface area contributed by atoms with Gasteiger partial charge in [-0.2, -0.15) is 5.26 Å². The molecule has 1 saturated heterocycles. The van der Waals surface area contributed by atoms with Crippen LogP contribution in [0.5, 0.6) is 0 Å². The van der Waals surface area contributed by atoms with Gasteiger partial charge < -0.3 is 9.47 Å². The van der Waals surface area contributed by atoms with Crippen molar-refractivity contribution in [3.8, 4) is 6.07 Å². The highest BCUT2D eigenvalue weighted by Gasteiger charge is 2.33. The molecule has 1 aromatic heterocycles. The summed E-state index contributed by atoms with van der Waals surface area (Å²) in [4.78, 5) is 21.7. The van der Waals surface area contributed by atoms with Crippen LogP contribution in [0.1, 0.15) is 62.3 Å². The summed E-state index contributed by atoms with van der Waals surface area (Å²) in [6.07, 6.45) is 7.29. The molecule has 6 heteroatoms. The number of aryl methyl sites for hydroxylation is 1. The summed E-state index contributed by atoms with van der Waals surface area (Å²) < 4.78 is 2.29. The Morgan fingerprint density at radius 2 is 2.16 bits per heavy atom. The summed E-state index contributed by atoms with van der Waals surface area (Å²) in [5.74, 6) is 1.26. The highest BCUT2D eigenvalue weighted by Crippen LogP contribution is 2.33. The lowest BCUT2D eigenvalue weighted by molar-refractivity contribution is -0.132. The molecule has 2 aliphatic rings. The lowest BCUT2D eigenvalue weighted by Crippen LogP contribution is -2.40. The molecule has 1 atom stereocenters. The molecule has 1 fully saturated rings. The standard InChI is InChI=1S/C19H29N5O/c1-3-23(13-7-11-20)18(25)14-24-12-6-10-17(24)19-21-15-8-4-5-9-16(15)22(19)2/h17H,3-10,12-14H2,1-2H3/t17-/m1/s1. The van der Waals surface area contributed by atoms with Crippen LogP contribution >= 0.6 is 0 Å². The summed E-state index contributed by atoms with van der Waals surface area (Å²) in [7, 11) is 2.13. The van der Waals surface area contributed by atoms with Crippen LogP contribution in [0.3, 0.4) is 0 Å². The molecule has 0 unspecified atom stereocenters. The Balaban J connectivity index is 1.72. The number of aromatic nitrogens is 2. The fourth-order valence-electron chi connectivity index (χ4n) is 4.23. The van der Waals surface area contributed by atoms with E-state index in [0.29, 0.717) is 26.1 Å². The van der Waals surface area contributed by atoms with Crippen molar-refractivity contribution in [1.82, 2.24) is 19.4 Å². The predicted octanol–water partition coefficient (Wildman–Crippen LogP) is 2.20. The first-order chi connectivity index (χ1) is 12.2. The molecule has 0 aromatic carbocycles. The molecule has 136 valence electrons. The average molecular weight is 343 g/mol. The Kier molecular flexibility index (Phi) is 5.74. The van der Waals surface area contributed by atoms with E-state index < -0.39 is 0 Å². The van der Waals surface area contributed by atoms with Crippen molar-refractivity contribution in [3.05, 3.63) is 17.2 Å². The van der Waals surface area contributed by atoms with E-state index in [-0.39, 0.29) is 11.9 Å². The van der Waals surface area contributed by atoms with Gasteiger partial charge in [0, 0.05) is 25.8 Å². The number of fused-ring (bicyclic) bond motifs is 1. The van der Waals surface area contributed by atoms with Gasteiger partial charge >= 0.3 is 0 Å². The van der Waals surface area contributed by atoms with Gasteiger partial charge in [-0.25, -0.2) is 4.98 Å². The number of hydrogen-bond acceptors (Lipinski definition) is 4. The maximum Gasteiger partial charge on any atom is 0.236 e. The van der Waals surface area contributed by atoms with Crippen molar-refractivity contribution in [1.29, 1.82) is 5.26 Å². The van der Waals surface area contributed by atoms with Gasteiger partial charge in [0.2, 0.25) is 5.91 Å². The second-order valence-electron chi connectivity index (χ2n) is 7.14. The molecule has 1 aromatic rings. The number of amides is 1. The number of carbonyl (C=O) groups is 1. The van der Waals surface area contributed by atoms with E-state index in [1.165, 1.54) is 24.2 Å². The minimum absolute atomic E-state index is 0.128. The van der Waals surface area contributed by atoms with Crippen molar-refractivity contribution < 1.29 is 4.79 Å². The summed E-state index contributed by atoms with van der Waals surface area (Å²) in [5.41, 5.74) is 2.66. The van der Waals surface area contributed by atoms with Gasteiger partial charge in [0.1, 0.15) is 5.82 Å². The smallest absolute Gasteiger partial charge is 0.236 e. The lowest BCUT2D eigenvalue weighted by Gasteiger charge is -2.27. The van der Waals surface area contributed by atoms with Crippen LogP contribution in [0.2, 0.25) is 0 Å². The van der Waals surface area contributed by atoms with E-state index in [4.69, 9.17) is 10.2 Å². The van der Waals surface area contributed by atoms with Gasteiger partial charge in [0.25, 0.3) is 0 Å². The van der Waals surface area contributed by atoms with Gasteiger partial charge in [-0.1, -0.05) is 0 Å². The predicted molar refractivity (Wildman–Crippen MR) is 95.9 cm³/mol. The molecule has 1 aliphatic carbocycles. The fraction of sp³-hybridized carbons (Fsp3) is 0.737. The van der Waals surface area contributed by atoms with Crippen LogP contribution in [-0.4, -0.2) is 51.4 Å². The largest absolute Gasteiger partial charge is 0.341 e. The Hall–Kier alpha value is -1.87. The Morgan fingerprint density at radius 3 is 2.88 bits per heavy atom. The number of likely N-dealkylation sites (tertiary alicyclic amines) is 1. The molecule has 6 nitrogen and oxygen atoms in total. The number of imidazole rings is 1. The van der Waals surface area contributed by atoms with Crippen molar-refractivity contribution >= 4 is 5.91 Å². The first kappa shape index (κ1) is 17.9. The molecule has 0 spiro atoms. The van der Waals surface area contributed by atoms with E-state index in [1.54, 1.807) is 4.90 Å². The summed E-state index contributed by atoms with van der Waals surface area (Å²) >= 11 is 0. The molecule has 0 saturated carbocycles. The van der Waals surface area contributed by atoms with Crippen molar-refractivity contribution in [3.63, 3.8) is 0 Å². The second-order valence-corrected chi connectivity index (χ2v) is 7.14. The minimum Gasteiger partial charge on any atom is -0.341 e. The summed E-state index contributed by atoms with van der Waals surface area (Å²) in [5, 5.41) is 8.77. The highest BCUT2D eigenvalue weighted by atomic mass is 16.2. The van der Waals surface area contributed by atoms with Gasteiger partial charge in [-0.15, -0.1) is 0 Å². The van der Waals surface area contributed by atoms with E-state index in [2.05, 4.69) is 22.6 Å². The van der Waals surface area contributed by atoms with Crippen molar-refractivity contribution in [2.75, 3.05) is 26.2 Å². The van der Waals surface area contributed by atoms with Crippen LogP contribution in [0, 0.1) is 11.3 Å². The van der Waals surface area contributed by atoms with E-state index in [9.17, 15) is 4.79 Å². The van der Waals surface area contributed by atoms with Crippen LogP contribution in [0.4, 0.5) is 0 Å². The van der Waals surface area contributed by atoms with E-state index in [0.717, 1.165) is 38.1 Å². The molecule has 0 N–H and O–H groups in total. The monoisotopic (exact) mass is 343 g/mol. The zero-order valence-corrected chi connectivity index (χ0v) is 15.5. The number of likely N-dealkylation sites (N-methyl/N-ethyl adjacent to an activating group) is 1. The third-order valence-electron chi connectivity index (χ3n) is 5.64. The topological polar surface area (TPSA) is 65.2 Å². The van der Waals surface area contributed by atoms with Crippen molar-refractivity contribution in [2.45, 2.75) is 57.9 Å². The molecule has 0 radical (unpaired) electrons. The average Bonchev–Trinajstić information content (AvgIpc) is 3.20. The van der Waals surface area contributed by atoms with Gasteiger partial charge in [0.15, 0.2) is 0 Å². The molecule has 2 heterocycles. The van der Waals surface area contributed by atoms with Gasteiger partial charge in [-0.3, -0.25) is 9.69 Å². The normalized spacial score (nSPS) is 20.3. The first-order valence-electron chi connectivity index (χ1n) is 9.58. The molecule has 25 heavy (non-hydrogen) atoms. The molecular weight excluding hydrogens is 314 g/mol. The Labute approximate surface area is 150 Å². The number of carbonyl (C=O) groups excluding carboxylic acids is 1. The van der Waals surface area contributed by atoms with Crippen LogP contribution in [-0.2, 0) is 24.7 Å². The maximum absolute atomic E-state index is 12.6. The third kappa shape index (κ3) is 3.72. The summed E-state index contributed by atoms with van der Waals surface area (Å²) in [6, 6.07) is 2.37. The highest BCUT2D eigenvalue weighted by molar-refractivity contribution is 5.78. The van der Waals surface area contributed by atoms with E-state index in [1.807, 2.05) is 6.92 Å². The molecule has 3 rings (SSSR count). The zero-order valence-electron chi connectivity index (χ0n) is 15.5. The maximum atomic E-state index is 12.6. The van der Waals surface area contributed by atoms with Gasteiger partial charge in [0.05, 0.1) is 30.8 Å². The molecule has 1 amide bonds. The number of rotatable bonds is 6.